The minimum absolute atomic E-state index is 0.104. The Morgan fingerprint density at radius 2 is 1.71 bits per heavy atom. The number of nitriles is 1. The zero-order chi connectivity index (χ0) is 24.2. The summed E-state index contributed by atoms with van der Waals surface area (Å²) in [5, 5.41) is 13.1. The van der Waals surface area contributed by atoms with Gasteiger partial charge in [-0.15, -0.1) is 0 Å². The Hall–Kier alpha value is -3.53. The highest BCUT2D eigenvalue weighted by Crippen LogP contribution is 2.42. The van der Waals surface area contributed by atoms with Crippen LogP contribution in [0, 0.1) is 25.2 Å². The number of hydrogen-bond donors (Lipinski definition) is 1. The number of nitrogens with zero attached hydrogens (tertiary/aromatic N) is 2. The molecule has 0 aliphatic carbocycles. The maximum absolute atomic E-state index is 13.5. The molecule has 3 aromatic rings. The highest BCUT2D eigenvalue weighted by molar-refractivity contribution is 8.05. The Labute approximate surface area is 208 Å². The van der Waals surface area contributed by atoms with E-state index in [-0.39, 0.29) is 11.5 Å². The predicted octanol–water partition coefficient (Wildman–Crippen LogP) is 6.02. The predicted molar refractivity (Wildman–Crippen MR) is 138 cm³/mol. The summed E-state index contributed by atoms with van der Waals surface area (Å²) in [6.07, 6.45) is 0.425. The lowest BCUT2D eigenvalue weighted by atomic mass is 10.1. The Kier molecular flexibility index (Phi) is 7.06. The van der Waals surface area contributed by atoms with E-state index in [1.54, 1.807) is 18.2 Å². The van der Waals surface area contributed by atoms with Gasteiger partial charge in [0.2, 0.25) is 5.91 Å². The van der Waals surface area contributed by atoms with Crippen molar-refractivity contribution in [3.8, 4) is 6.07 Å². The van der Waals surface area contributed by atoms with Gasteiger partial charge in [-0.05, 0) is 62.2 Å². The van der Waals surface area contributed by atoms with Gasteiger partial charge in [-0.2, -0.15) is 5.26 Å². The number of carbonyl (C=O) groups excluding carboxylic acids is 2. The molecule has 1 aliphatic heterocycles. The van der Waals surface area contributed by atoms with Crippen LogP contribution < -0.4 is 10.2 Å². The molecule has 2 amide bonds. The topological polar surface area (TPSA) is 73.2 Å². The fraction of sp³-hybridized carbons (Fsp3) is 0.148. The molecule has 0 bridgehead atoms. The number of benzene rings is 3. The Morgan fingerprint density at radius 1 is 1.06 bits per heavy atom. The van der Waals surface area contributed by atoms with Crippen LogP contribution in [0.3, 0.4) is 0 Å². The highest BCUT2D eigenvalue weighted by Gasteiger charge is 2.40. The van der Waals surface area contributed by atoms with Gasteiger partial charge in [0.05, 0.1) is 5.25 Å². The van der Waals surface area contributed by atoms with Crippen LogP contribution in [0.1, 0.15) is 16.7 Å². The molecule has 4 rings (SSSR count). The second-order valence-electron chi connectivity index (χ2n) is 8.06. The third-order valence-corrected chi connectivity index (χ3v) is 6.92. The third kappa shape index (κ3) is 5.17. The number of nitrogens with one attached hydrogen (secondary N) is 1. The molecule has 1 saturated heterocycles. The largest absolute Gasteiger partial charge is 0.321 e. The maximum atomic E-state index is 13.5. The first-order chi connectivity index (χ1) is 16.4. The molecule has 1 fully saturated rings. The molecular formula is C27H22ClN3O2S. The van der Waals surface area contributed by atoms with Crippen LogP contribution in [0.15, 0.2) is 83.4 Å². The van der Waals surface area contributed by atoms with Gasteiger partial charge in [0, 0.05) is 16.4 Å². The number of anilines is 2. The first kappa shape index (κ1) is 23.6. The lowest BCUT2D eigenvalue weighted by molar-refractivity contribution is -0.117. The number of halogens is 1. The van der Waals surface area contributed by atoms with Gasteiger partial charge in [-0.1, -0.05) is 70.9 Å². The summed E-state index contributed by atoms with van der Waals surface area (Å²) in [5.41, 5.74) is 4.10. The van der Waals surface area contributed by atoms with E-state index in [0.717, 1.165) is 16.7 Å². The maximum Gasteiger partial charge on any atom is 0.269 e. The first-order valence-corrected chi connectivity index (χ1v) is 12.0. The number of carbonyl (C=O) groups is 2. The zero-order valence-electron chi connectivity index (χ0n) is 18.7. The number of hydrogen-bond acceptors (Lipinski definition) is 4. The molecule has 3 aromatic carbocycles. The summed E-state index contributed by atoms with van der Waals surface area (Å²) in [4.78, 5) is 28.1. The molecule has 0 spiro atoms. The normalized spacial score (nSPS) is 16.8. The summed E-state index contributed by atoms with van der Waals surface area (Å²) in [6, 6.07) is 24.1. The molecule has 34 heavy (non-hydrogen) atoms. The number of amides is 2. The van der Waals surface area contributed by atoms with Crippen molar-refractivity contribution in [3.63, 3.8) is 0 Å². The van der Waals surface area contributed by atoms with Crippen molar-refractivity contribution in [1.29, 1.82) is 5.26 Å². The van der Waals surface area contributed by atoms with E-state index in [4.69, 9.17) is 11.6 Å². The second kappa shape index (κ2) is 10.2. The van der Waals surface area contributed by atoms with E-state index >= 15 is 0 Å². The van der Waals surface area contributed by atoms with Crippen molar-refractivity contribution in [2.75, 3.05) is 10.2 Å². The molecular weight excluding hydrogens is 466 g/mol. The van der Waals surface area contributed by atoms with Gasteiger partial charge in [-0.25, -0.2) is 0 Å². The van der Waals surface area contributed by atoms with Crippen LogP contribution in [0.25, 0.3) is 0 Å². The van der Waals surface area contributed by atoms with Crippen molar-refractivity contribution in [2.24, 2.45) is 0 Å². The quantitative estimate of drug-likeness (QED) is 0.352. The smallest absolute Gasteiger partial charge is 0.269 e. The van der Waals surface area contributed by atoms with E-state index in [0.29, 0.717) is 27.8 Å². The minimum Gasteiger partial charge on any atom is -0.321 e. The number of rotatable bonds is 5. The molecule has 7 heteroatoms. The van der Waals surface area contributed by atoms with Crippen LogP contribution in [0.2, 0.25) is 5.02 Å². The van der Waals surface area contributed by atoms with Crippen LogP contribution in [0.4, 0.5) is 11.4 Å². The lowest BCUT2D eigenvalue weighted by Gasteiger charge is -2.19. The monoisotopic (exact) mass is 487 g/mol. The zero-order valence-corrected chi connectivity index (χ0v) is 20.3. The van der Waals surface area contributed by atoms with E-state index < -0.39 is 11.2 Å². The fourth-order valence-corrected chi connectivity index (χ4v) is 5.15. The molecule has 1 atom stereocenters. The molecule has 0 unspecified atom stereocenters. The number of aryl methyl sites for hydroxylation is 2. The van der Waals surface area contributed by atoms with Crippen LogP contribution in [-0.4, -0.2) is 17.1 Å². The third-order valence-electron chi connectivity index (χ3n) is 5.42. The molecule has 1 heterocycles. The van der Waals surface area contributed by atoms with E-state index in [1.165, 1.54) is 16.7 Å². The Bertz CT molecular complexity index is 1310. The van der Waals surface area contributed by atoms with Crippen molar-refractivity contribution >= 4 is 46.6 Å². The first-order valence-electron chi connectivity index (χ1n) is 10.7. The number of thioether (sulfide) groups is 1. The molecule has 5 nitrogen and oxygen atoms in total. The van der Waals surface area contributed by atoms with Crippen molar-refractivity contribution in [2.45, 2.75) is 25.5 Å². The SMILES string of the molecule is Cc1ccc(NC(=O)/C(C#N)=C2\S[C@H](Cc3cccc(Cl)c3)C(=O)N2c2ccc(C)cc2)cc1. The second-order valence-corrected chi connectivity index (χ2v) is 9.69. The lowest BCUT2D eigenvalue weighted by Crippen LogP contribution is -2.30. The molecule has 0 aromatic heterocycles. The average molecular weight is 488 g/mol. The van der Waals surface area contributed by atoms with E-state index in [1.807, 2.05) is 74.5 Å². The summed E-state index contributed by atoms with van der Waals surface area (Å²) in [6.45, 7) is 3.91. The van der Waals surface area contributed by atoms with Gasteiger partial charge in [0.1, 0.15) is 16.7 Å². The van der Waals surface area contributed by atoms with Gasteiger partial charge in [-0.3, -0.25) is 14.5 Å². The average Bonchev–Trinajstić information content (AvgIpc) is 3.12. The molecule has 0 radical (unpaired) electrons. The molecule has 1 aliphatic rings. The molecule has 170 valence electrons. The van der Waals surface area contributed by atoms with Gasteiger partial charge >= 0.3 is 0 Å². The van der Waals surface area contributed by atoms with Crippen molar-refractivity contribution in [1.82, 2.24) is 0 Å². The minimum atomic E-state index is -0.554. The highest BCUT2D eigenvalue weighted by atomic mass is 35.5. The van der Waals surface area contributed by atoms with Crippen LogP contribution in [0.5, 0.6) is 0 Å². The van der Waals surface area contributed by atoms with E-state index in [9.17, 15) is 14.9 Å². The molecule has 0 saturated carbocycles. The standard InChI is InChI=1S/C27H22ClN3O2S/c1-17-6-10-21(11-7-17)30-25(32)23(16-29)27-31(22-12-8-18(2)9-13-22)26(33)24(34-27)15-19-4-3-5-20(28)14-19/h3-14,24H,15H2,1-2H3,(H,30,32)/b27-23-/t24-/m1/s1. The summed E-state index contributed by atoms with van der Waals surface area (Å²) in [7, 11) is 0. The van der Waals surface area contributed by atoms with Crippen molar-refractivity contribution in [3.05, 3.63) is 105 Å². The van der Waals surface area contributed by atoms with Gasteiger partial charge in [0.25, 0.3) is 5.91 Å². The summed E-state index contributed by atoms with van der Waals surface area (Å²) < 4.78 is 0. The van der Waals surface area contributed by atoms with Crippen LogP contribution >= 0.6 is 23.4 Å². The van der Waals surface area contributed by atoms with Gasteiger partial charge in [0.15, 0.2) is 0 Å². The summed E-state index contributed by atoms with van der Waals surface area (Å²) >= 11 is 7.36. The van der Waals surface area contributed by atoms with Crippen LogP contribution in [-0.2, 0) is 16.0 Å². The fourth-order valence-electron chi connectivity index (χ4n) is 3.62. The van der Waals surface area contributed by atoms with Crippen molar-refractivity contribution < 1.29 is 9.59 Å². The Morgan fingerprint density at radius 3 is 2.32 bits per heavy atom. The Balaban J connectivity index is 1.72. The van der Waals surface area contributed by atoms with Gasteiger partial charge < -0.3 is 5.32 Å². The summed E-state index contributed by atoms with van der Waals surface area (Å²) in [5.74, 6) is -0.734. The molecule has 1 N–H and O–H groups in total. The van der Waals surface area contributed by atoms with E-state index in [2.05, 4.69) is 5.32 Å².